The summed E-state index contributed by atoms with van der Waals surface area (Å²) in [6.45, 7) is 0. The fourth-order valence-corrected chi connectivity index (χ4v) is 5.38. The number of nitrogens with zero attached hydrogens (tertiary/aromatic N) is 3. The van der Waals surface area contributed by atoms with E-state index in [-0.39, 0.29) is 18.0 Å². The molecule has 3 heterocycles. The first kappa shape index (κ1) is 18.6. The van der Waals surface area contributed by atoms with Gasteiger partial charge in [0.05, 0.1) is 6.42 Å². The quantitative estimate of drug-likeness (QED) is 0.590. The van der Waals surface area contributed by atoms with Gasteiger partial charge in [0.25, 0.3) is 5.91 Å². The molecule has 144 valence electrons. The van der Waals surface area contributed by atoms with Gasteiger partial charge in [-0.2, -0.15) is 5.10 Å². The number of carboxylic acid groups (broad SMARTS) is 1. The number of nitrogens with one attached hydrogen (secondary N) is 2. The van der Waals surface area contributed by atoms with Crippen molar-refractivity contribution < 1.29 is 19.5 Å². The monoisotopic (exact) mass is 417 g/mol. The molecule has 0 unspecified atom stereocenters. The molecule has 4 rings (SSSR count). The molecule has 0 aliphatic carbocycles. The molecule has 11 heteroatoms. The minimum absolute atomic E-state index is 0.0660. The van der Waals surface area contributed by atoms with Crippen LogP contribution in [0.3, 0.4) is 0 Å². The average molecular weight is 417 g/mol. The molecule has 28 heavy (non-hydrogen) atoms. The summed E-state index contributed by atoms with van der Waals surface area (Å²) in [5.41, 5.74) is 0.778. The number of aliphatic carboxylic acids is 1. The number of β-lactam (4-membered cyclic amide) rings is 1. The zero-order valence-electron chi connectivity index (χ0n) is 14.4. The van der Waals surface area contributed by atoms with Gasteiger partial charge in [-0.1, -0.05) is 42.1 Å². The fourth-order valence-electron chi connectivity index (χ4n) is 3.04. The molecule has 2 amide bonds. The predicted molar refractivity (Wildman–Crippen MR) is 102 cm³/mol. The molecule has 1 saturated heterocycles. The molecule has 3 N–H and O–H groups in total. The van der Waals surface area contributed by atoms with E-state index < -0.39 is 23.3 Å². The number of hydrogen-bond acceptors (Lipinski definition) is 7. The molecular formula is C17H15N5O4S2. The number of thioether (sulfide) groups is 2. The maximum Gasteiger partial charge on any atom is 0.353 e. The molecular weight excluding hydrogens is 402 g/mol. The number of H-pyrrole nitrogens is 1. The molecule has 0 saturated carbocycles. The number of fused-ring (bicyclic) bond motifs is 1. The SMILES string of the molecule is O=C(Cc1ccccc1)N[C@@H]1C(=O)N2C(C(=O)O)=C(Sc3ncn[nH]3)CS[C@@H]12. The van der Waals surface area contributed by atoms with Gasteiger partial charge < -0.3 is 10.4 Å². The first-order valence-corrected chi connectivity index (χ1v) is 10.2. The molecule has 1 fully saturated rings. The van der Waals surface area contributed by atoms with E-state index in [0.717, 1.165) is 17.3 Å². The minimum atomic E-state index is -1.19. The second kappa shape index (κ2) is 7.68. The zero-order valence-corrected chi connectivity index (χ0v) is 16.0. The van der Waals surface area contributed by atoms with Crippen LogP contribution in [0.5, 0.6) is 0 Å². The molecule has 9 nitrogen and oxygen atoms in total. The zero-order chi connectivity index (χ0) is 19.7. The number of carbonyl (C=O) groups is 3. The van der Waals surface area contributed by atoms with Crippen LogP contribution in [0, 0.1) is 0 Å². The summed E-state index contributed by atoms with van der Waals surface area (Å²) >= 11 is 2.54. The Kier molecular flexibility index (Phi) is 5.09. The van der Waals surface area contributed by atoms with E-state index in [4.69, 9.17) is 0 Å². The normalized spacial score (nSPS) is 21.1. The lowest BCUT2D eigenvalue weighted by molar-refractivity contribution is -0.150. The highest BCUT2D eigenvalue weighted by molar-refractivity contribution is 8.06. The molecule has 0 bridgehead atoms. The van der Waals surface area contributed by atoms with Gasteiger partial charge in [-0.3, -0.25) is 19.6 Å². The van der Waals surface area contributed by atoms with Gasteiger partial charge in [-0.15, -0.1) is 11.8 Å². The van der Waals surface area contributed by atoms with Crippen LogP contribution in [0.25, 0.3) is 0 Å². The third kappa shape index (κ3) is 3.50. The molecule has 1 aromatic carbocycles. The van der Waals surface area contributed by atoms with E-state index >= 15 is 0 Å². The Balaban J connectivity index is 1.47. The van der Waals surface area contributed by atoms with Gasteiger partial charge in [-0.05, 0) is 5.56 Å². The lowest BCUT2D eigenvalue weighted by Gasteiger charge is -2.49. The van der Waals surface area contributed by atoms with Gasteiger partial charge >= 0.3 is 5.97 Å². The molecule has 0 spiro atoms. The number of carboxylic acids is 1. The number of aromatic nitrogens is 3. The largest absolute Gasteiger partial charge is 0.477 e. The van der Waals surface area contributed by atoms with Gasteiger partial charge in [0.2, 0.25) is 5.91 Å². The Bertz CT molecular complexity index is 948. The van der Waals surface area contributed by atoms with Crippen molar-refractivity contribution in [2.75, 3.05) is 5.75 Å². The lowest BCUT2D eigenvalue weighted by Crippen LogP contribution is -2.70. The molecule has 1 aromatic heterocycles. The van der Waals surface area contributed by atoms with Gasteiger partial charge in [0, 0.05) is 10.7 Å². The Morgan fingerprint density at radius 2 is 2.14 bits per heavy atom. The summed E-state index contributed by atoms with van der Waals surface area (Å²) in [6.07, 6.45) is 1.49. The first-order chi connectivity index (χ1) is 13.5. The second-order valence-electron chi connectivity index (χ2n) is 6.09. The van der Waals surface area contributed by atoms with E-state index in [1.54, 1.807) is 0 Å². The highest BCUT2D eigenvalue weighted by atomic mass is 32.2. The second-order valence-corrected chi connectivity index (χ2v) is 8.28. The Labute approximate surface area is 168 Å². The van der Waals surface area contributed by atoms with Crippen molar-refractivity contribution in [2.24, 2.45) is 0 Å². The van der Waals surface area contributed by atoms with Crippen molar-refractivity contribution in [3.63, 3.8) is 0 Å². The van der Waals surface area contributed by atoms with Gasteiger partial charge in [0.1, 0.15) is 23.4 Å². The molecule has 2 aliphatic heterocycles. The third-order valence-corrected chi connectivity index (χ3v) is 6.71. The van der Waals surface area contributed by atoms with Crippen LogP contribution < -0.4 is 5.32 Å². The highest BCUT2D eigenvalue weighted by Crippen LogP contribution is 2.44. The topological polar surface area (TPSA) is 128 Å². The standard InChI is InChI=1S/C17H15N5O4S2/c23-11(6-9-4-2-1-3-5-9)20-12-14(24)22-13(16(25)26)10(7-27-15(12)22)28-17-18-8-19-21-17/h1-5,8,12,15H,6-7H2,(H,20,23)(H,25,26)(H,18,19,21)/t12-,15+/m1/s1. The summed E-state index contributed by atoms with van der Waals surface area (Å²) in [6, 6.07) is 8.49. The third-order valence-electron chi connectivity index (χ3n) is 4.27. The fraction of sp³-hybridized carbons (Fsp3) is 0.235. The van der Waals surface area contributed by atoms with Crippen molar-refractivity contribution in [3.8, 4) is 0 Å². The van der Waals surface area contributed by atoms with E-state index in [9.17, 15) is 19.5 Å². The van der Waals surface area contributed by atoms with E-state index in [1.807, 2.05) is 30.3 Å². The Morgan fingerprint density at radius 1 is 1.36 bits per heavy atom. The number of aromatic amines is 1. The van der Waals surface area contributed by atoms with Crippen LogP contribution in [-0.4, -0.2) is 60.1 Å². The van der Waals surface area contributed by atoms with E-state index in [2.05, 4.69) is 20.5 Å². The van der Waals surface area contributed by atoms with Crippen molar-refractivity contribution in [1.29, 1.82) is 0 Å². The van der Waals surface area contributed by atoms with Crippen molar-refractivity contribution in [2.45, 2.75) is 23.0 Å². The highest BCUT2D eigenvalue weighted by Gasteiger charge is 2.54. The number of benzene rings is 1. The minimum Gasteiger partial charge on any atom is -0.477 e. The van der Waals surface area contributed by atoms with Crippen molar-refractivity contribution in [3.05, 3.63) is 52.8 Å². The molecule has 2 atom stereocenters. The molecule has 2 aliphatic rings. The smallest absolute Gasteiger partial charge is 0.353 e. The lowest BCUT2D eigenvalue weighted by atomic mass is 10.0. The van der Waals surface area contributed by atoms with Crippen molar-refractivity contribution in [1.82, 2.24) is 25.4 Å². The number of hydrogen-bond donors (Lipinski definition) is 3. The van der Waals surface area contributed by atoms with Gasteiger partial charge in [-0.25, -0.2) is 9.78 Å². The Morgan fingerprint density at radius 3 is 2.82 bits per heavy atom. The average Bonchev–Trinajstić information content (AvgIpc) is 3.19. The summed E-state index contributed by atoms with van der Waals surface area (Å²) < 4.78 is 0. The first-order valence-electron chi connectivity index (χ1n) is 8.32. The van der Waals surface area contributed by atoms with Crippen LogP contribution in [0.1, 0.15) is 5.56 Å². The summed E-state index contributed by atoms with van der Waals surface area (Å²) in [5.74, 6) is -1.49. The van der Waals surface area contributed by atoms with Crippen LogP contribution in [-0.2, 0) is 20.8 Å². The summed E-state index contributed by atoms with van der Waals surface area (Å²) in [4.78, 5) is 42.4. The van der Waals surface area contributed by atoms with Gasteiger partial charge in [0.15, 0.2) is 5.16 Å². The maximum absolute atomic E-state index is 12.6. The van der Waals surface area contributed by atoms with Crippen LogP contribution in [0.15, 0.2) is 52.4 Å². The number of rotatable bonds is 6. The number of carbonyl (C=O) groups excluding carboxylic acids is 2. The predicted octanol–water partition coefficient (Wildman–Crippen LogP) is 0.836. The van der Waals surface area contributed by atoms with Crippen molar-refractivity contribution >= 4 is 41.3 Å². The Hall–Kier alpha value is -2.79. The van der Waals surface area contributed by atoms with Crippen LogP contribution >= 0.6 is 23.5 Å². The summed E-state index contributed by atoms with van der Waals surface area (Å²) in [7, 11) is 0. The maximum atomic E-state index is 12.6. The summed E-state index contributed by atoms with van der Waals surface area (Å²) in [5, 5.41) is 18.8. The van der Waals surface area contributed by atoms with Crippen LogP contribution in [0.4, 0.5) is 0 Å². The molecule has 0 radical (unpaired) electrons. The van der Waals surface area contributed by atoms with Crippen LogP contribution in [0.2, 0.25) is 0 Å². The molecule has 2 aromatic rings. The number of amides is 2. The van der Waals surface area contributed by atoms with E-state index in [1.165, 1.54) is 23.0 Å². The van der Waals surface area contributed by atoms with E-state index in [0.29, 0.717) is 15.8 Å².